The van der Waals surface area contributed by atoms with Crippen LogP contribution in [0, 0.1) is 5.92 Å². The maximum absolute atomic E-state index is 12.2. The molecular formula is C14H20ClNO3. The van der Waals surface area contributed by atoms with Gasteiger partial charge in [-0.15, -0.1) is 0 Å². The zero-order chi connectivity index (χ0) is 14.5. The molecule has 0 saturated heterocycles. The Hall–Kier alpha value is -1.26. The summed E-state index contributed by atoms with van der Waals surface area (Å²) < 4.78 is 10.1. The number of methoxy groups -OCH3 is 2. The van der Waals surface area contributed by atoms with Crippen LogP contribution in [0.25, 0.3) is 0 Å². The lowest BCUT2D eigenvalue weighted by molar-refractivity contribution is -0.150. The Morgan fingerprint density at radius 1 is 1.42 bits per heavy atom. The van der Waals surface area contributed by atoms with E-state index in [0.29, 0.717) is 5.02 Å². The van der Waals surface area contributed by atoms with Crippen LogP contribution in [0.2, 0.25) is 5.02 Å². The van der Waals surface area contributed by atoms with Crippen molar-refractivity contribution < 1.29 is 14.3 Å². The highest BCUT2D eigenvalue weighted by molar-refractivity contribution is 6.30. The summed E-state index contributed by atoms with van der Waals surface area (Å²) in [5, 5.41) is 3.80. The van der Waals surface area contributed by atoms with E-state index in [1.54, 1.807) is 19.2 Å². The Morgan fingerprint density at radius 2 is 2.11 bits per heavy atom. The van der Waals surface area contributed by atoms with Crippen molar-refractivity contribution in [1.29, 1.82) is 0 Å². The molecule has 0 aliphatic heterocycles. The van der Waals surface area contributed by atoms with Crippen LogP contribution in [0.3, 0.4) is 0 Å². The lowest BCUT2D eigenvalue weighted by Crippen LogP contribution is -2.55. The van der Waals surface area contributed by atoms with Gasteiger partial charge in [0.05, 0.1) is 13.7 Å². The molecule has 0 heterocycles. The molecule has 5 heteroatoms. The van der Waals surface area contributed by atoms with E-state index < -0.39 is 5.54 Å². The average molecular weight is 286 g/mol. The first-order valence-corrected chi connectivity index (χ1v) is 6.45. The third-order valence-electron chi connectivity index (χ3n) is 3.10. The Morgan fingerprint density at radius 3 is 2.58 bits per heavy atom. The average Bonchev–Trinajstić information content (AvgIpc) is 2.37. The fourth-order valence-corrected chi connectivity index (χ4v) is 2.12. The van der Waals surface area contributed by atoms with Gasteiger partial charge in [0.25, 0.3) is 0 Å². The highest BCUT2D eigenvalue weighted by atomic mass is 35.5. The number of anilines is 1. The topological polar surface area (TPSA) is 47.6 Å². The number of halogens is 1. The van der Waals surface area contributed by atoms with Gasteiger partial charge in [-0.2, -0.15) is 0 Å². The summed E-state index contributed by atoms with van der Waals surface area (Å²) in [5.74, 6) is -0.372. The molecule has 0 bridgehead atoms. The highest BCUT2D eigenvalue weighted by Crippen LogP contribution is 2.26. The Balaban J connectivity index is 3.12. The number of ether oxygens (including phenoxy) is 2. The zero-order valence-electron chi connectivity index (χ0n) is 11.7. The van der Waals surface area contributed by atoms with Crippen molar-refractivity contribution in [3.63, 3.8) is 0 Å². The third kappa shape index (κ3) is 3.61. The molecule has 1 aromatic carbocycles. The summed E-state index contributed by atoms with van der Waals surface area (Å²) in [6, 6.07) is 7.21. The van der Waals surface area contributed by atoms with Gasteiger partial charge in [0, 0.05) is 17.8 Å². The predicted octanol–water partition coefficient (Wildman–Crippen LogP) is 2.97. The van der Waals surface area contributed by atoms with Gasteiger partial charge in [-0.25, -0.2) is 4.79 Å². The van der Waals surface area contributed by atoms with Crippen molar-refractivity contribution in [2.75, 3.05) is 26.1 Å². The number of hydrogen-bond acceptors (Lipinski definition) is 4. The molecule has 106 valence electrons. The van der Waals surface area contributed by atoms with E-state index in [2.05, 4.69) is 5.32 Å². The van der Waals surface area contributed by atoms with E-state index in [1.807, 2.05) is 26.0 Å². The molecule has 0 amide bonds. The van der Waals surface area contributed by atoms with Crippen LogP contribution in [0.15, 0.2) is 24.3 Å². The molecule has 0 aromatic heterocycles. The van der Waals surface area contributed by atoms with Gasteiger partial charge in [-0.1, -0.05) is 31.5 Å². The van der Waals surface area contributed by atoms with E-state index in [4.69, 9.17) is 21.1 Å². The quantitative estimate of drug-likeness (QED) is 0.817. The van der Waals surface area contributed by atoms with E-state index >= 15 is 0 Å². The van der Waals surface area contributed by atoms with Gasteiger partial charge in [0.2, 0.25) is 0 Å². The zero-order valence-corrected chi connectivity index (χ0v) is 12.5. The third-order valence-corrected chi connectivity index (χ3v) is 3.33. The second kappa shape index (κ2) is 6.78. The summed E-state index contributed by atoms with van der Waals surface area (Å²) in [6.07, 6.45) is 0. The van der Waals surface area contributed by atoms with Gasteiger partial charge >= 0.3 is 5.97 Å². The normalized spacial score (nSPS) is 14.0. The van der Waals surface area contributed by atoms with E-state index in [1.165, 1.54) is 7.11 Å². The fourth-order valence-electron chi connectivity index (χ4n) is 1.93. The molecular weight excluding hydrogens is 266 g/mol. The number of carbonyl (C=O) groups excluding carboxylic acids is 1. The van der Waals surface area contributed by atoms with Crippen molar-refractivity contribution in [3.05, 3.63) is 29.3 Å². The SMILES string of the molecule is COCC(Nc1cccc(Cl)c1)(C(=O)OC)C(C)C. The van der Waals surface area contributed by atoms with Gasteiger partial charge < -0.3 is 14.8 Å². The summed E-state index contributed by atoms with van der Waals surface area (Å²) in [5.41, 5.74) is -0.183. The molecule has 1 unspecified atom stereocenters. The van der Waals surface area contributed by atoms with E-state index in [-0.39, 0.29) is 18.5 Å². The van der Waals surface area contributed by atoms with Crippen LogP contribution < -0.4 is 5.32 Å². The first-order valence-electron chi connectivity index (χ1n) is 6.07. The number of esters is 1. The van der Waals surface area contributed by atoms with Crippen molar-refractivity contribution in [2.24, 2.45) is 5.92 Å². The lowest BCUT2D eigenvalue weighted by atomic mass is 9.86. The van der Waals surface area contributed by atoms with Crippen molar-refractivity contribution in [2.45, 2.75) is 19.4 Å². The minimum Gasteiger partial charge on any atom is -0.467 e. The minimum atomic E-state index is -0.936. The van der Waals surface area contributed by atoms with Crippen LogP contribution in [0.4, 0.5) is 5.69 Å². The second-order valence-corrected chi connectivity index (χ2v) is 5.12. The monoisotopic (exact) mass is 285 g/mol. The van der Waals surface area contributed by atoms with Crippen LogP contribution in [-0.2, 0) is 14.3 Å². The number of nitrogens with one attached hydrogen (secondary N) is 1. The fraction of sp³-hybridized carbons (Fsp3) is 0.500. The highest BCUT2D eigenvalue weighted by Gasteiger charge is 2.43. The standard InChI is InChI=1S/C14H20ClNO3/c1-10(2)14(9-18-3,13(17)19-4)16-12-7-5-6-11(15)8-12/h5-8,10,16H,9H2,1-4H3. The summed E-state index contributed by atoms with van der Waals surface area (Å²) in [7, 11) is 2.93. The van der Waals surface area contributed by atoms with Crippen LogP contribution in [0.1, 0.15) is 13.8 Å². The molecule has 19 heavy (non-hydrogen) atoms. The molecule has 4 nitrogen and oxygen atoms in total. The molecule has 0 aliphatic rings. The van der Waals surface area contributed by atoms with Gasteiger partial charge in [0.15, 0.2) is 5.54 Å². The van der Waals surface area contributed by atoms with Gasteiger partial charge in [0.1, 0.15) is 0 Å². The van der Waals surface area contributed by atoms with E-state index in [9.17, 15) is 4.79 Å². The molecule has 0 spiro atoms. The summed E-state index contributed by atoms with van der Waals surface area (Å²) in [4.78, 5) is 12.2. The largest absolute Gasteiger partial charge is 0.467 e. The molecule has 1 atom stereocenters. The first kappa shape index (κ1) is 15.8. The van der Waals surface area contributed by atoms with E-state index in [0.717, 1.165) is 5.69 Å². The summed E-state index contributed by atoms with van der Waals surface area (Å²) >= 11 is 5.96. The molecule has 0 aliphatic carbocycles. The van der Waals surface area contributed by atoms with Crippen molar-refractivity contribution in [3.8, 4) is 0 Å². The summed E-state index contributed by atoms with van der Waals surface area (Å²) in [6.45, 7) is 4.09. The maximum atomic E-state index is 12.2. The molecule has 1 N–H and O–H groups in total. The number of benzene rings is 1. The second-order valence-electron chi connectivity index (χ2n) is 4.69. The number of hydrogen-bond donors (Lipinski definition) is 1. The van der Waals surface area contributed by atoms with Crippen molar-refractivity contribution in [1.82, 2.24) is 0 Å². The molecule has 0 radical (unpaired) electrons. The van der Waals surface area contributed by atoms with Gasteiger partial charge in [-0.3, -0.25) is 0 Å². The van der Waals surface area contributed by atoms with Crippen LogP contribution in [-0.4, -0.2) is 32.3 Å². The van der Waals surface area contributed by atoms with Gasteiger partial charge in [-0.05, 0) is 24.1 Å². The number of carbonyl (C=O) groups is 1. The Labute approximate surface area is 119 Å². The first-order chi connectivity index (χ1) is 8.96. The molecule has 1 aromatic rings. The lowest BCUT2D eigenvalue weighted by Gasteiger charge is -2.35. The molecule has 0 fully saturated rings. The number of rotatable bonds is 6. The predicted molar refractivity (Wildman–Crippen MR) is 76.5 cm³/mol. The molecule has 0 saturated carbocycles. The smallest absolute Gasteiger partial charge is 0.334 e. The molecule has 1 rings (SSSR count). The Kier molecular flexibility index (Phi) is 5.63. The van der Waals surface area contributed by atoms with Crippen LogP contribution >= 0.6 is 11.6 Å². The Bertz CT molecular complexity index is 436. The maximum Gasteiger partial charge on any atom is 0.334 e. The van der Waals surface area contributed by atoms with Crippen LogP contribution in [0.5, 0.6) is 0 Å². The van der Waals surface area contributed by atoms with Crippen molar-refractivity contribution >= 4 is 23.3 Å². The minimum absolute atomic E-state index is 0.0149.